The van der Waals surface area contributed by atoms with E-state index in [-0.39, 0.29) is 12.0 Å². The Kier molecular flexibility index (Phi) is 4.20. The first-order chi connectivity index (χ1) is 11.2. The fourth-order valence-electron chi connectivity index (χ4n) is 2.53. The summed E-state index contributed by atoms with van der Waals surface area (Å²) in [6.07, 6.45) is 0.661. The Morgan fingerprint density at radius 2 is 2.22 bits per heavy atom. The van der Waals surface area contributed by atoms with Gasteiger partial charge in [0.05, 0.1) is 23.9 Å². The summed E-state index contributed by atoms with van der Waals surface area (Å²) in [6, 6.07) is 12.4. The molecule has 0 aliphatic carbocycles. The van der Waals surface area contributed by atoms with Gasteiger partial charge < -0.3 is 9.64 Å². The van der Waals surface area contributed by atoms with Gasteiger partial charge in [-0.15, -0.1) is 5.10 Å². The van der Waals surface area contributed by atoms with Gasteiger partial charge in [-0.3, -0.25) is 4.79 Å². The Hall–Kier alpha value is -2.94. The predicted molar refractivity (Wildman–Crippen MR) is 82.9 cm³/mol. The number of aryl methyl sites for hydroxylation is 1. The summed E-state index contributed by atoms with van der Waals surface area (Å²) in [4.78, 5) is 14.2. The normalized spacial score (nSPS) is 16.9. The van der Waals surface area contributed by atoms with E-state index in [4.69, 9.17) is 10.00 Å². The molecule has 6 heteroatoms. The monoisotopic (exact) mass is 308 g/mol. The quantitative estimate of drug-likeness (QED) is 0.866. The molecule has 0 unspecified atom stereocenters. The third kappa shape index (κ3) is 3.46. The Morgan fingerprint density at radius 3 is 2.96 bits per heavy atom. The van der Waals surface area contributed by atoms with Crippen LogP contribution in [-0.4, -0.2) is 40.2 Å². The fraction of sp³-hybridized carbons (Fsp3) is 0.294. The van der Waals surface area contributed by atoms with E-state index in [2.05, 4.69) is 10.2 Å². The van der Waals surface area contributed by atoms with Gasteiger partial charge in [0.15, 0.2) is 0 Å². The van der Waals surface area contributed by atoms with Crippen molar-refractivity contribution < 1.29 is 9.53 Å². The van der Waals surface area contributed by atoms with Crippen LogP contribution >= 0.6 is 0 Å². The van der Waals surface area contributed by atoms with Crippen molar-refractivity contribution in [2.75, 3.05) is 13.1 Å². The lowest BCUT2D eigenvalue weighted by atomic mass is 10.1. The number of aromatic nitrogens is 2. The molecule has 1 saturated heterocycles. The lowest BCUT2D eigenvalue weighted by Crippen LogP contribution is -2.31. The molecule has 116 valence electrons. The summed E-state index contributed by atoms with van der Waals surface area (Å²) in [5.74, 6) is 0.393. The van der Waals surface area contributed by atoms with Crippen molar-refractivity contribution >= 4 is 5.91 Å². The summed E-state index contributed by atoms with van der Waals surface area (Å²) >= 11 is 0. The van der Waals surface area contributed by atoms with E-state index >= 15 is 0 Å². The Labute approximate surface area is 134 Å². The Bertz CT molecular complexity index is 752. The summed E-state index contributed by atoms with van der Waals surface area (Å²) < 4.78 is 5.77. The molecule has 0 radical (unpaired) electrons. The average Bonchev–Trinajstić information content (AvgIpc) is 3.05. The first-order valence-corrected chi connectivity index (χ1v) is 7.42. The summed E-state index contributed by atoms with van der Waals surface area (Å²) in [5.41, 5.74) is 1.84. The molecular weight excluding hydrogens is 292 g/mol. The van der Waals surface area contributed by atoms with Crippen LogP contribution in [0.1, 0.15) is 28.0 Å². The van der Waals surface area contributed by atoms with Crippen molar-refractivity contribution in [2.24, 2.45) is 0 Å². The molecule has 3 rings (SSSR count). The smallest absolute Gasteiger partial charge is 0.254 e. The van der Waals surface area contributed by atoms with Crippen LogP contribution in [0, 0.1) is 18.3 Å². The van der Waals surface area contributed by atoms with Gasteiger partial charge in [0.25, 0.3) is 5.91 Å². The largest absolute Gasteiger partial charge is 0.471 e. The van der Waals surface area contributed by atoms with Gasteiger partial charge in [-0.25, -0.2) is 0 Å². The molecule has 1 aliphatic rings. The van der Waals surface area contributed by atoms with Crippen molar-refractivity contribution in [3.05, 3.63) is 53.2 Å². The topological polar surface area (TPSA) is 79.1 Å². The molecule has 23 heavy (non-hydrogen) atoms. The number of amides is 1. The molecule has 1 aliphatic heterocycles. The zero-order chi connectivity index (χ0) is 16.2. The molecule has 1 fully saturated rings. The standard InChI is InChI=1S/C17H16N4O2/c1-12-5-6-16(20-19-12)23-15-7-8-21(11-15)17(22)14-4-2-3-13(9-14)10-18/h2-6,9,15H,7-8,11H2,1H3/t15-/m1/s1. The van der Waals surface area contributed by atoms with Crippen LogP contribution in [0.5, 0.6) is 5.88 Å². The minimum absolute atomic E-state index is 0.0804. The molecule has 2 heterocycles. The number of likely N-dealkylation sites (tertiary alicyclic amines) is 1. The number of hydrogen-bond acceptors (Lipinski definition) is 5. The highest BCUT2D eigenvalue weighted by Crippen LogP contribution is 2.18. The highest BCUT2D eigenvalue weighted by atomic mass is 16.5. The highest BCUT2D eigenvalue weighted by Gasteiger charge is 2.28. The van der Waals surface area contributed by atoms with Gasteiger partial charge in [0.2, 0.25) is 5.88 Å². The lowest BCUT2D eigenvalue weighted by Gasteiger charge is -2.17. The molecule has 2 aromatic rings. The van der Waals surface area contributed by atoms with Crippen molar-refractivity contribution in [3.63, 3.8) is 0 Å². The zero-order valence-electron chi connectivity index (χ0n) is 12.8. The number of benzene rings is 1. The van der Waals surface area contributed by atoms with Crippen molar-refractivity contribution in [1.29, 1.82) is 5.26 Å². The average molecular weight is 308 g/mol. The van der Waals surface area contributed by atoms with Crippen LogP contribution in [-0.2, 0) is 0 Å². The van der Waals surface area contributed by atoms with Crippen LogP contribution in [0.2, 0.25) is 0 Å². The molecule has 1 amide bonds. The maximum atomic E-state index is 12.5. The van der Waals surface area contributed by atoms with E-state index in [1.54, 1.807) is 35.2 Å². The van der Waals surface area contributed by atoms with Crippen LogP contribution in [0.3, 0.4) is 0 Å². The zero-order valence-corrected chi connectivity index (χ0v) is 12.8. The summed E-state index contributed by atoms with van der Waals surface area (Å²) in [7, 11) is 0. The van der Waals surface area contributed by atoms with Crippen molar-refractivity contribution in [3.8, 4) is 11.9 Å². The SMILES string of the molecule is Cc1ccc(O[C@@H]2CCN(C(=O)c3cccc(C#N)c3)C2)nn1. The lowest BCUT2D eigenvalue weighted by molar-refractivity contribution is 0.0771. The molecule has 1 atom stereocenters. The second-order valence-electron chi connectivity index (χ2n) is 5.49. The Balaban J connectivity index is 1.63. The number of carbonyl (C=O) groups is 1. The van der Waals surface area contributed by atoms with E-state index < -0.39 is 0 Å². The Morgan fingerprint density at radius 1 is 1.35 bits per heavy atom. The number of rotatable bonds is 3. The van der Waals surface area contributed by atoms with Gasteiger partial charge in [0.1, 0.15) is 6.10 Å². The molecule has 1 aromatic heterocycles. The van der Waals surface area contributed by atoms with E-state index in [9.17, 15) is 4.79 Å². The first-order valence-electron chi connectivity index (χ1n) is 7.42. The number of nitrogens with zero attached hydrogens (tertiary/aromatic N) is 4. The van der Waals surface area contributed by atoms with E-state index in [1.165, 1.54) is 0 Å². The molecule has 0 spiro atoms. The predicted octanol–water partition coefficient (Wildman–Crippen LogP) is 1.95. The van der Waals surface area contributed by atoms with Gasteiger partial charge >= 0.3 is 0 Å². The first kappa shape index (κ1) is 15.0. The number of hydrogen-bond donors (Lipinski definition) is 0. The molecule has 0 bridgehead atoms. The third-order valence-corrected chi connectivity index (χ3v) is 3.73. The van der Waals surface area contributed by atoms with Crippen LogP contribution in [0.25, 0.3) is 0 Å². The van der Waals surface area contributed by atoms with Crippen LogP contribution in [0.15, 0.2) is 36.4 Å². The number of ether oxygens (including phenoxy) is 1. The second-order valence-corrected chi connectivity index (χ2v) is 5.49. The van der Waals surface area contributed by atoms with Crippen LogP contribution in [0.4, 0.5) is 0 Å². The maximum Gasteiger partial charge on any atom is 0.254 e. The maximum absolute atomic E-state index is 12.5. The van der Waals surface area contributed by atoms with Gasteiger partial charge in [-0.05, 0) is 31.2 Å². The summed E-state index contributed by atoms with van der Waals surface area (Å²) in [6.45, 7) is 2.99. The summed E-state index contributed by atoms with van der Waals surface area (Å²) in [5, 5.41) is 16.9. The van der Waals surface area contributed by atoms with Crippen molar-refractivity contribution in [1.82, 2.24) is 15.1 Å². The van der Waals surface area contributed by atoms with E-state index in [1.807, 2.05) is 19.1 Å². The molecule has 1 aromatic carbocycles. The molecule has 0 N–H and O–H groups in total. The fourth-order valence-corrected chi connectivity index (χ4v) is 2.53. The van der Waals surface area contributed by atoms with E-state index in [0.29, 0.717) is 30.1 Å². The minimum Gasteiger partial charge on any atom is -0.471 e. The number of nitriles is 1. The molecule has 0 saturated carbocycles. The van der Waals surface area contributed by atoms with Gasteiger partial charge in [-0.2, -0.15) is 10.4 Å². The minimum atomic E-state index is -0.0879. The van der Waals surface area contributed by atoms with Crippen molar-refractivity contribution in [2.45, 2.75) is 19.4 Å². The van der Waals surface area contributed by atoms with E-state index in [0.717, 1.165) is 12.1 Å². The number of carbonyl (C=O) groups excluding carboxylic acids is 1. The van der Waals surface area contributed by atoms with Crippen LogP contribution < -0.4 is 4.74 Å². The molecule has 6 nitrogen and oxygen atoms in total. The molecular formula is C17H16N4O2. The van der Waals surface area contributed by atoms with Gasteiger partial charge in [0, 0.05) is 24.6 Å². The second kappa shape index (κ2) is 6.44. The highest BCUT2D eigenvalue weighted by molar-refractivity contribution is 5.94. The van der Waals surface area contributed by atoms with Gasteiger partial charge in [-0.1, -0.05) is 6.07 Å². The third-order valence-electron chi connectivity index (χ3n) is 3.73.